The molecule has 0 amide bonds. The topological polar surface area (TPSA) is 69.9 Å². The molecule has 0 fully saturated rings. The third kappa shape index (κ3) is 24.9. The average Bonchev–Trinajstić information content (AvgIpc) is 3.06. The monoisotopic (exact) mass is 655 g/mol. The molecule has 0 aromatic rings. The first-order chi connectivity index (χ1) is 22.5. The number of aliphatic hydroxyl groups is 3. The van der Waals surface area contributed by atoms with Gasteiger partial charge in [-0.15, -0.1) is 0 Å². The summed E-state index contributed by atoms with van der Waals surface area (Å²) in [6, 6.07) is 0. The van der Waals surface area contributed by atoms with Crippen LogP contribution in [0.25, 0.3) is 0 Å². The van der Waals surface area contributed by atoms with Crippen molar-refractivity contribution in [1.29, 1.82) is 0 Å². The number of ether oxygens (including phenoxy) is 1. The molecular weight excluding hydrogens is 568 g/mol. The molecule has 0 saturated heterocycles. The Balaban J connectivity index is 5.89. The van der Waals surface area contributed by atoms with Crippen molar-refractivity contribution in [2.24, 2.45) is 5.92 Å². The average molecular weight is 655 g/mol. The molecule has 3 N–H and O–H groups in total. The van der Waals surface area contributed by atoms with Crippen LogP contribution in [-0.2, 0) is 4.74 Å². The smallest absolute Gasteiger partial charge is 0.0921 e. The lowest BCUT2D eigenvalue weighted by molar-refractivity contribution is -0.129. The highest BCUT2D eigenvalue weighted by Gasteiger charge is 2.39. The molecule has 0 aliphatic rings. The standard InChI is InChI=1S/C42H86O4/c1-5-9-13-17-21-22-24-28-32-40(31-27-23-18-14-10-6-2)42(33-29-25-19-15-11-7-3,34-30-26-20-16-12-8-4)46-38-36-41(45,39-44)35-37-43/h40,43-45H,5-39H2,1-4H3. The molecule has 0 rings (SSSR count). The first-order valence-electron chi connectivity index (χ1n) is 21.1. The van der Waals surface area contributed by atoms with Gasteiger partial charge < -0.3 is 20.1 Å². The largest absolute Gasteiger partial charge is 0.396 e. The van der Waals surface area contributed by atoms with E-state index in [-0.39, 0.29) is 25.2 Å². The summed E-state index contributed by atoms with van der Waals surface area (Å²) in [6.07, 6.45) is 39.8. The van der Waals surface area contributed by atoms with E-state index >= 15 is 0 Å². The van der Waals surface area contributed by atoms with Crippen molar-refractivity contribution in [3.63, 3.8) is 0 Å². The maximum Gasteiger partial charge on any atom is 0.0921 e. The lowest BCUT2D eigenvalue weighted by atomic mass is 9.73. The number of rotatable bonds is 38. The molecule has 0 radical (unpaired) electrons. The molecule has 278 valence electrons. The summed E-state index contributed by atoms with van der Waals surface area (Å²) in [7, 11) is 0. The van der Waals surface area contributed by atoms with Crippen LogP contribution in [0.5, 0.6) is 0 Å². The molecule has 0 bridgehead atoms. The predicted molar refractivity (Wildman–Crippen MR) is 202 cm³/mol. The van der Waals surface area contributed by atoms with Crippen molar-refractivity contribution in [2.75, 3.05) is 19.8 Å². The van der Waals surface area contributed by atoms with E-state index in [2.05, 4.69) is 27.7 Å². The van der Waals surface area contributed by atoms with Crippen LogP contribution in [0, 0.1) is 5.92 Å². The van der Waals surface area contributed by atoms with E-state index in [0.29, 0.717) is 18.9 Å². The third-order valence-corrected chi connectivity index (χ3v) is 10.8. The van der Waals surface area contributed by atoms with Gasteiger partial charge in [-0.1, -0.05) is 195 Å². The Labute approximate surface area is 289 Å². The first-order valence-corrected chi connectivity index (χ1v) is 21.1. The predicted octanol–water partition coefficient (Wildman–Crippen LogP) is 12.6. The number of hydrogen-bond acceptors (Lipinski definition) is 4. The van der Waals surface area contributed by atoms with Crippen molar-refractivity contribution in [1.82, 2.24) is 0 Å². The summed E-state index contributed by atoms with van der Waals surface area (Å²) >= 11 is 0. The fraction of sp³-hybridized carbons (Fsp3) is 1.00. The molecule has 46 heavy (non-hydrogen) atoms. The van der Waals surface area contributed by atoms with Gasteiger partial charge in [0.05, 0.1) is 24.4 Å². The van der Waals surface area contributed by atoms with Crippen molar-refractivity contribution in [3.05, 3.63) is 0 Å². The first kappa shape index (κ1) is 45.8. The second kappa shape index (κ2) is 33.3. The number of aliphatic hydroxyl groups excluding tert-OH is 2. The molecule has 0 aliphatic carbocycles. The molecule has 0 aromatic carbocycles. The van der Waals surface area contributed by atoms with E-state index in [1.807, 2.05) is 0 Å². The van der Waals surface area contributed by atoms with Gasteiger partial charge in [0, 0.05) is 19.4 Å². The summed E-state index contributed by atoms with van der Waals surface area (Å²) in [5, 5.41) is 30.5. The van der Waals surface area contributed by atoms with Crippen LogP contribution >= 0.6 is 0 Å². The molecule has 0 spiro atoms. The summed E-state index contributed by atoms with van der Waals surface area (Å²) < 4.78 is 7.16. The Hall–Kier alpha value is -0.160. The van der Waals surface area contributed by atoms with E-state index in [1.54, 1.807) is 0 Å². The zero-order valence-corrected chi connectivity index (χ0v) is 32.1. The third-order valence-electron chi connectivity index (χ3n) is 10.8. The van der Waals surface area contributed by atoms with E-state index < -0.39 is 5.60 Å². The maximum atomic E-state index is 11.0. The van der Waals surface area contributed by atoms with Gasteiger partial charge in [-0.2, -0.15) is 0 Å². The van der Waals surface area contributed by atoms with Crippen LogP contribution in [-0.4, -0.2) is 46.3 Å². The Bertz CT molecular complexity index is 580. The SMILES string of the molecule is CCCCCCCCCCC(CCCCCCCC)C(CCCCCCCC)(CCCCCCCC)OCCC(O)(CO)CCO. The van der Waals surface area contributed by atoms with E-state index in [0.717, 1.165) is 12.8 Å². The van der Waals surface area contributed by atoms with Gasteiger partial charge in [-0.25, -0.2) is 0 Å². The van der Waals surface area contributed by atoms with Crippen LogP contribution in [0.2, 0.25) is 0 Å². The van der Waals surface area contributed by atoms with E-state index in [9.17, 15) is 15.3 Å². The zero-order chi connectivity index (χ0) is 34.0. The lowest BCUT2D eigenvalue weighted by Gasteiger charge is -2.43. The number of hydrogen-bond donors (Lipinski definition) is 3. The minimum atomic E-state index is -1.26. The van der Waals surface area contributed by atoms with Crippen molar-refractivity contribution in [2.45, 2.75) is 244 Å². The fourth-order valence-corrected chi connectivity index (χ4v) is 7.51. The second-order valence-corrected chi connectivity index (χ2v) is 15.1. The van der Waals surface area contributed by atoms with Gasteiger partial charge in [0.2, 0.25) is 0 Å². The van der Waals surface area contributed by atoms with E-state index in [4.69, 9.17) is 4.74 Å². The van der Waals surface area contributed by atoms with E-state index in [1.165, 1.54) is 180 Å². The molecule has 0 saturated carbocycles. The maximum absolute atomic E-state index is 11.0. The Morgan fingerprint density at radius 1 is 0.435 bits per heavy atom. The van der Waals surface area contributed by atoms with Gasteiger partial charge in [0.1, 0.15) is 0 Å². The van der Waals surface area contributed by atoms with Gasteiger partial charge in [0.15, 0.2) is 0 Å². The molecule has 4 nitrogen and oxygen atoms in total. The number of unbranched alkanes of at least 4 members (excludes halogenated alkanes) is 22. The molecule has 4 heteroatoms. The quantitative estimate of drug-likeness (QED) is 0.0579. The second-order valence-electron chi connectivity index (χ2n) is 15.1. The minimum Gasteiger partial charge on any atom is -0.396 e. The Kier molecular flexibility index (Phi) is 33.2. The Morgan fingerprint density at radius 2 is 0.783 bits per heavy atom. The van der Waals surface area contributed by atoms with Crippen LogP contribution in [0.15, 0.2) is 0 Å². The Morgan fingerprint density at radius 3 is 1.13 bits per heavy atom. The van der Waals surface area contributed by atoms with Crippen LogP contribution < -0.4 is 0 Å². The van der Waals surface area contributed by atoms with Crippen LogP contribution in [0.4, 0.5) is 0 Å². The fourth-order valence-electron chi connectivity index (χ4n) is 7.51. The normalized spacial score (nSPS) is 14.2. The van der Waals surface area contributed by atoms with Gasteiger partial charge >= 0.3 is 0 Å². The highest BCUT2D eigenvalue weighted by Crippen LogP contribution is 2.41. The van der Waals surface area contributed by atoms with Crippen LogP contribution in [0.3, 0.4) is 0 Å². The van der Waals surface area contributed by atoms with Crippen molar-refractivity contribution >= 4 is 0 Å². The molecule has 0 heterocycles. The molecule has 0 aliphatic heterocycles. The lowest BCUT2D eigenvalue weighted by Crippen LogP contribution is -2.44. The van der Waals surface area contributed by atoms with Gasteiger partial charge in [-0.3, -0.25) is 0 Å². The summed E-state index contributed by atoms with van der Waals surface area (Å²) in [5.74, 6) is 0.560. The molecule has 2 atom stereocenters. The molecule has 0 aromatic heterocycles. The van der Waals surface area contributed by atoms with Crippen LogP contribution in [0.1, 0.15) is 233 Å². The van der Waals surface area contributed by atoms with Crippen molar-refractivity contribution in [3.8, 4) is 0 Å². The van der Waals surface area contributed by atoms with Gasteiger partial charge in [0.25, 0.3) is 0 Å². The van der Waals surface area contributed by atoms with Crippen molar-refractivity contribution < 1.29 is 20.1 Å². The summed E-state index contributed by atoms with van der Waals surface area (Å²) in [6.45, 7) is 9.21. The highest BCUT2D eigenvalue weighted by atomic mass is 16.5. The molecular formula is C42H86O4. The molecule has 2 unspecified atom stereocenters. The highest BCUT2D eigenvalue weighted by molar-refractivity contribution is 4.90. The zero-order valence-electron chi connectivity index (χ0n) is 32.1. The summed E-state index contributed by atoms with van der Waals surface area (Å²) in [5.41, 5.74) is -1.40. The minimum absolute atomic E-state index is 0.114. The summed E-state index contributed by atoms with van der Waals surface area (Å²) in [4.78, 5) is 0. The van der Waals surface area contributed by atoms with Gasteiger partial charge in [-0.05, 0) is 31.6 Å².